The Labute approximate surface area is 229 Å². The highest BCUT2D eigenvalue weighted by Crippen LogP contribution is 2.34. The molecule has 0 N–H and O–H groups in total. The second-order valence-electron chi connectivity index (χ2n) is 10.8. The number of carbonyl (C=O) groups is 2. The normalized spacial score (nSPS) is 15.4. The minimum atomic E-state index is -0.553. The monoisotopic (exact) mass is 538 g/mol. The summed E-state index contributed by atoms with van der Waals surface area (Å²) in [5.41, 5.74) is 2.31. The molecule has 1 aliphatic heterocycles. The van der Waals surface area contributed by atoms with Crippen LogP contribution in [0.1, 0.15) is 72.9 Å². The fourth-order valence-corrected chi connectivity index (χ4v) is 5.73. The van der Waals surface area contributed by atoms with Gasteiger partial charge in [0.05, 0.1) is 6.04 Å². The van der Waals surface area contributed by atoms with Crippen molar-refractivity contribution in [1.29, 1.82) is 0 Å². The summed E-state index contributed by atoms with van der Waals surface area (Å²) in [4.78, 5) is 32.0. The molecule has 7 heteroatoms. The number of nitrogens with zero attached hydrogens (tertiary/aromatic N) is 2. The first kappa shape index (κ1) is 27.2. The molecule has 5 nitrogen and oxygen atoms in total. The van der Waals surface area contributed by atoms with Crippen molar-refractivity contribution in [3.63, 3.8) is 0 Å². The zero-order chi connectivity index (χ0) is 26.7. The molecule has 4 rings (SSSR count). The molecule has 2 amide bonds. The first-order chi connectivity index (χ1) is 17.5. The Balaban J connectivity index is 1.54. The topological polar surface area (TPSA) is 49.9 Å². The van der Waals surface area contributed by atoms with Crippen molar-refractivity contribution in [3.05, 3.63) is 86.6 Å². The molecule has 37 heavy (non-hydrogen) atoms. The third-order valence-corrected chi connectivity index (χ3v) is 8.02. The summed E-state index contributed by atoms with van der Waals surface area (Å²) in [6.45, 7) is 11.1. The molecule has 1 aromatic heterocycles. The number of rotatable bonds is 7. The van der Waals surface area contributed by atoms with Gasteiger partial charge in [0, 0.05) is 27.5 Å². The van der Waals surface area contributed by atoms with Crippen molar-refractivity contribution in [2.45, 2.75) is 58.5 Å². The third kappa shape index (κ3) is 6.36. The average Bonchev–Trinajstić information content (AvgIpc) is 3.34. The van der Waals surface area contributed by atoms with Gasteiger partial charge in [-0.15, -0.1) is 11.3 Å². The Hall–Kier alpha value is -2.83. The lowest BCUT2D eigenvalue weighted by atomic mass is 9.99. The van der Waals surface area contributed by atoms with E-state index in [1.165, 1.54) is 10.4 Å². The minimum Gasteiger partial charge on any atom is -0.491 e. The molecule has 2 heterocycles. The quantitative estimate of drug-likeness (QED) is 0.326. The molecule has 0 saturated carbocycles. The van der Waals surface area contributed by atoms with Crippen LogP contribution in [0.4, 0.5) is 0 Å². The van der Waals surface area contributed by atoms with E-state index in [0.29, 0.717) is 29.7 Å². The van der Waals surface area contributed by atoms with Crippen LogP contribution in [0.5, 0.6) is 5.75 Å². The maximum absolute atomic E-state index is 13.8. The molecule has 3 aromatic rings. The predicted molar refractivity (Wildman–Crippen MR) is 151 cm³/mol. The number of thiophene rings is 1. The van der Waals surface area contributed by atoms with Gasteiger partial charge in [-0.05, 0) is 86.0 Å². The first-order valence-corrected chi connectivity index (χ1v) is 14.0. The zero-order valence-corrected chi connectivity index (χ0v) is 23.7. The van der Waals surface area contributed by atoms with Gasteiger partial charge in [0.25, 0.3) is 5.91 Å². The van der Waals surface area contributed by atoms with E-state index < -0.39 is 5.54 Å². The average molecular weight is 539 g/mol. The predicted octanol–water partition coefficient (Wildman–Crippen LogP) is 6.97. The molecule has 1 unspecified atom stereocenters. The van der Waals surface area contributed by atoms with E-state index in [2.05, 4.69) is 37.4 Å². The van der Waals surface area contributed by atoms with Crippen LogP contribution in [0, 0.1) is 0 Å². The van der Waals surface area contributed by atoms with Crippen molar-refractivity contribution < 1.29 is 14.3 Å². The maximum atomic E-state index is 13.8. The Morgan fingerprint density at radius 2 is 1.86 bits per heavy atom. The molecule has 0 aliphatic carbocycles. The molecule has 1 atom stereocenters. The Bertz CT molecular complexity index is 1250. The highest BCUT2D eigenvalue weighted by molar-refractivity contribution is 7.10. The number of benzene rings is 2. The molecule has 0 spiro atoms. The highest BCUT2D eigenvalue weighted by Gasteiger charge is 2.36. The summed E-state index contributed by atoms with van der Waals surface area (Å²) in [7, 11) is 0. The first-order valence-electron chi connectivity index (χ1n) is 12.7. The van der Waals surface area contributed by atoms with Crippen molar-refractivity contribution in [2.75, 3.05) is 19.7 Å². The molecular formula is C30H35ClN2O3S. The zero-order valence-electron chi connectivity index (χ0n) is 22.2. The summed E-state index contributed by atoms with van der Waals surface area (Å²) in [6, 6.07) is 16.9. The van der Waals surface area contributed by atoms with Crippen LogP contribution in [0.2, 0.25) is 5.02 Å². The van der Waals surface area contributed by atoms with Gasteiger partial charge >= 0.3 is 0 Å². The molecule has 1 aliphatic rings. The van der Waals surface area contributed by atoms with Gasteiger partial charge in [-0.1, -0.05) is 43.6 Å². The van der Waals surface area contributed by atoms with E-state index in [-0.39, 0.29) is 24.4 Å². The standard InChI is InChI=1S/C30H35ClN2O3S/c1-20(2)21-9-11-24(12-10-21)36-19-26-25-14-16-37-27(25)13-15-32(26)28(34)18-33(30(3,4)5)29(35)22-7-6-8-23(31)17-22/h6-12,14,16-17,20,26H,13,15,18-19H2,1-5H3. The van der Waals surface area contributed by atoms with E-state index in [9.17, 15) is 9.59 Å². The Morgan fingerprint density at radius 1 is 1.14 bits per heavy atom. The number of fused-ring (bicyclic) bond motifs is 1. The molecule has 196 valence electrons. The summed E-state index contributed by atoms with van der Waals surface area (Å²) in [6.07, 6.45) is 0.802. The molecule has 0 saturated heterocycles. The van der Waals surface area contributed by atoms with Gasteiger partial charge in [-0.25, -0.2) is 0 Å². The van der Waals surface area contributed by atoms with Gasteiger partial charge in [-0.3, -0.25) is 9.59 Å². The largest absolute Gasteiger partial charge is 0.491 e. The van der Waals surface area contributed by atoms with Crippen LogP contribution in [0.25, 0.3) is 0 Å². The lowest BCUT2D eigenvalue weighted by Crippen LogP contribution is -2.53. The molecule has 2 aromatic carbocycles. The lowest BCUT2D eigenvalue weighted by molar-refractivity contribution is -0.136. The number of hydrogen-bond acceptors (Lipinski definition) is 4. The van der Waals surface area contributed by atoms with Crippen molar-refractivity contribution in [1.82, 2.24) is 9.80 Å². The summed E-state index contributed by atoms with van der Waals surface area (Å²) < 4.78 is 6.20. The summed E-state index contributed by atoms with van der Waals surface area (Å²) in [5, 5.41) is 2.57. The van der Waals surface area contributed by atoms with Crippen LogP contribution in [0.3, 0.4) is 0 Å². The number of halogens is 1. The van der Waals surface area contributed by atoms with Crippen molar-refractivity contribution in [3.8, 4) is 5.75 Å². The van der Waals surface area contributed by atoms with E-state index in [1.807, 2.05) is 37.8 Å². The van der Waals surface area contributed by atoms with E-state index >= 15 is 0 Å². The summed E-state index contributed by atoms with van der Waals surface area (Å²) in [5.74, 6) is 0.932. The Kier molecular flexibility index (Phi) is 8.29. The van der Waals surface area contributed by atoms with Crippen LogP contribution in [-0.2, 0) is 11.2 Å². The maximum Gasteiger partial charge on any atom is 0.254 e. The van der Waals surface area contributed by atoms with Crippen LogP contribution < -0.4 is 4.74 Å². The van der Waals surface area contributed by atoms with Gasteiger partial charge < -0.3 is 14.5 Å². The molecule has 0 bridgehead atoms. The molecular weight excluding hydrogens is 504 g/mol. The third-order valence-electron chi connectivity index (χ3n) is 6.79. The van der Waals surface area contributed by atoms with Gasteiger partial charge in [0.2, 0.25) is 5.91 Å². The lowest BCUT2D eigenvalue weighted by Gasteiger charge is -2.40. The SMILES string of the molecule is CC(C)c1ccc(OCC2c3ccsc3CCN2C(=O)CN(C(=O)c2cccc(Cl)c2)C(C)(C)C)cc1. The van der Waals surface area contributed by atoms with Gasteiger partial charge in [0.1, 0.15) is 18.9 Å². The number of hydrogen-bond donors (Lipinski definition) is 0. The van der Waals surface area contributed by atoms with Crippen molar-refractivity contribution in [2.24, 2.45) is 0 Å². The van der Waals surface area contributed by atoms with E-state index in [1.54, 1.807) is 40.5 Å². The highest BCUT2D eigenvalue weighted by atomic mass is 35.5. The number of ether oxygens (including phenoxy) is 1. The second-order valence-corrected chi connectivity index (χ2v) is 12.2. The minimum absolute atomic E-state index is 0.0199. The van der Waals surface area contributed by atoms with Gasteiger partial charge in [-0.2, -0.15) is 0 Å². The number of amides is 2. The molecule has 0 fully saturated rings. The van der Waals surface area contributed by atoms with Crippen LogP contribution >= 0.6 is 22.9 Å². The van der Waals surface area contributed by atoms with E-state index in [0.717, 1.165) is 17.7 Å². The van der Waals surface area contributed by atoms with E-state index in [4.69, 9.17) is 16.3 Å². The van der Waals surface area contributed by atoms with Crippen LogP contribution in [0.15, 0.2) is 60.0 Å². The fourth-order valence-electron chi connectivity index (χ4n) is 4.62. The molecule has 0 radical (unpaired) electrons. The number of carbonyl (C=O) groups excluding carboxylic acids is 2. The Morgan fingerprint density at radius 3 is 2.51 bits per heavy atom. The van der Waals surface area contributed by atoms with Crippen molar-refractivity contribution >= 4 is 34.8 Å². The fraction of sp³-hybridized carbons (Fsp3) is 0.400. The van der Waals surface area contributed by atoms with Crippen LogP contribution in [-0.4, -0.2) is 46.8 Å². The smallest absolute Gasteiger partial charge is 0.254 e. The van der Waals surface area contributed by atoms with Gasteiger partial charge in [0.15, 0.2) is 0 Å². The summed E-state index contributed by atoms with van der Waals surface area (Å²) >= 11 is 7.86. The second kappa shape index (κ2) is 11.3.